The van der Waals surface area contributed by atoms with E-state index in [-0.39, 0.29) is 6.03 Å². The number of aliphatic hydroxyl groups excluding tert-OH is 1. The van der Waals surface area contributed by atoms with Gasteiger partial charge in [0, 0.05) is 18.0 Å². The molecule has 4 nitrogen and oxygen atoms in total. The third-order valence-corrected chi connectivity index (χ3v) is 3.29. The number of thiophene rings is 1. The van der Waals surface area contributed by atoms with E-state index in [1.165, 1.54) is 4.88 Å². The molecule has 1 atom stereocenters. The quantitative estimate of drug-likeness (QED) is 0.696. The van der Waals surface area contributed by atoms with Crippen molar-refractivity contribution in [3.63, 3.8) is 0 Å². The van der Waals surface area contributed by atoms with Gasteiger partial charge in [0.15, 0.2) is 0 Å². The number of amides is 2. The lowest BCUT2D eigenvalue weighted by atomic mass is 10.2. The predicted molar refractivity (Wildman–Crippen MR) is 70.3 cm³/mol. The second-order valence-corrected chi connectivity index (χ2v) is 4.94. The highest BCUT2D eigenvalue weighted by Gasteiger charge is 2.05. The summed E-state index contributed by atoms with van der Waals surface area (Å²) >= 11 is 1.69. The zero-order valence-corrected chi connectivity index (χ0v) is 10.9. The summed E-state index contributed by atoms with van der Waals surface area (Å²) in [5, 5.41) is 16.9. The molecule has 3 N–H and O–H groups in total. The summed E-state index contributed by atoms with van der Waals surface area (Å²) in [5.41, 5.74) is 0. The molecule has 1 aromatic rings. The lowest BCUT2D eigenvalue weighted by molar-refractivity contribution is 0.160. The maximum atomic E-state index is 11.4. The molecule has 1 unspecified atom stereocenters. The van der Waals surface area contributed by atoms with Crippen molar-refractivity contribution in [2.75, 3.05) is 13.1 Å². The Morgan fingerprint density at radius 2 is 2.35 bits per heavy atom. The zero-order valence-electron chi connectivity index (χ0n) is 10.1. The van der Waals surface area contributed by atoms with Gasteiger partial charge in [0.2, 0.25) is 0 Å². The van der Waals surface area contributed by atoms with Gasteiger partial charge in [0.05, 0.1) is 6.10 Å². The molecule has 0 aliphatic heterocycles. The molecular weight excluding hydrogens is 236 g/mol. The first-order chi connectivity index (χ1) is 8.22. The van der Waals surface area contributed by atoms with Crippen LogP contribution in [-0.4, -0.2) is 30.3 Å². The van der Waals surface area contributed by atoms with Crippen LogP contribution < -0.4 is 10.6 Å². The van der Waals surface area contributed by atoms with E-state index in [0.29, 0.717) is 13.1 Å². The van der Waals surface area contributed by atoms with Gasteiger partial charge in [-0.15, -0.1) is 11.3 Å². The first kappa shape index (κ1) is 14.0. The number of hydrogen-bond acceptors (Lipinski definition) is 3. The van der Waals surface area contributed by atoms with Crippen molar-refractivity contribution in [2.24, 2.45) is 0 Å². The fraction of sp³-hybridized carbons (Fsp3) is 0.583. The Labute approximate surface area is 106 Å². The molecule has 0 aliphatic rings. The van der Waals surface area contributed by atoms with Gasteiger partial charge in [-0.1, -0.05) is 19.4 Å². The molecular formula is C12H20N2O2S. The second-order valence-electron chi connectivity index (χ2n) is 3.91. The van der Waals surface area contributed by atoms with Crippen molar-refractivity contribution >= 4 is 17.4 Å². The summed E-state index contributed by atoms with van der Waals surface area (Å²) in [6.45, 7) is 2.94. The minimum absolute atomic E-state index is 0.211. The van der Waals surface area contributed by atoms with Crippen LogP contribution in [0.1, 0.15) is 24.6 Å². The lowest BCUT2D eigenvalue weighted by Gasteiger charge is -2.11. The van der Waals surface area contributed by atoms with E-state index in [0.717, 1.165) is 19.3 Å². The van der Waals surface area contributed by atoms with Crippen molar-refractivity contribution in [2.45, 2.75) is 32.3 Å². The first-order valence-electron chi connectivity index (χ1n) is 5.94. The Bertz CT molecular complexity index is 314. The molecule has 2 amide bonds. The van der Waals surface area contributed by atoms with Crippen LogP contribution in [0.4, 0.5) is 4.79 Å². The molecule has 0 radical (unpaired) electrons. The Kier molecular flexibility index (Phi) is 6.65. The number of carbonyl (C=O) groups is 1. The van der Waals surface area contributed by atoms with Gasteiger partial charge in [-0.3, -0.25) is 0 Å². The molecule has 1 rings (SSSR count). The van der Waals surface area contributed by atoms with Crippen molar-refractivity contribution < 1.29 is 9.90 Å². The summed E-state index contributed by atoms with van der Waals surface area (Å²) in [7, 11) is 0. The Hall–Kier alpha value is -1.07. The van der Waals surface area contributed by atoms with E-state index in [2.05, 4.69) is 16.7 Å². The Morgan fingerprint density at radius 3 is 3.00 bits per heavy atom. The minimum Gasteiger partial charge on any atom is -0.391 e. The maximum absolute atomic E-state index is 11.4. The second kappa shape index (κ2) is 8.08. The standard InChI is InChI=1S/C12H20N2O2S/c1-2-4-10(15)9-14-12(16)13-7-6-11-5-3-8-17-11/h3,5,8,10,15H,2,4,6-7,9H2,1H3,(H2,13,14,16). The molecule has 0 bridgehead atoms. The molecule has 0 fully saturated rings. The van der Waals surface area contributed by atoms with Gasteiger partial charge in [0.25, 0.3) is 0 Å². The number of urea groups is 1. The summed E-state index contributed by atoms with van der Waals surface area (Å²) in [6, 6.07) is 3.84. The number of hydrogen-bond donors (Lipinski definition) is 3. The molecule has 17 heavy (non-hydrogen) atoms. The van der Waals surface area contributed by atoms with Crippen molar-refractivity contribution in [1.82, 2.24) is 10.6 Å². The highest BCUT2D eigenvalue weighted by molar-refractivity contribution is 7.09. The van der Waals surface area contributed by atoms with Crippen molar-refractivity contribution in [1.29, 1.82) is 0 Å². The average molecular weight is 256 g/mol. The van der Waals surface area contributed by atoms with E-state index >= 15 is 0 Å². The molecule has 1 aromatic heterocycles. The van der Waals surface area contributed by atoms with Crippen LogP contribution in [0.15, 0.2) is 17.5 Å². The molecule has 0 aliphatic carbocycles. The Balaban J connectivity index is 2.05. The lowest BCUT2D eigenvalue weighted by Crippen LogP contribution is -2.40. The van der Waals surface area contributed by atoms with Crippen LogP contribution >= 0.6 is 11.3 Å². The molecule has 5 heteroatoms. The van der Waals surface area contributed by atoms with Gasteiger partial charge in [-0.2, -0.15) is 0 Å². The highest BCUT2D eigenvalue weighted by Crippen LogP contribution is 2.07. The van der Waals surface area contributed by atoms with Crippen LogP contribution in [-0.2, 0) is 6.42 Å². The number of rotatable bonds is 7. The summed E-state index contributed by atoms with van der Waals surface area (Å²) in [5.74, 6) is 0. The molecule has 0 saturated heterocycles. The van der Waals surface area contributed by atoms with Gasteiger partial charge in [-0.25, -0.2) is 4.79 Å². The average Bonchev–Trinajstić information content (AvgIpc) is 2.80. The van der Waals surface area contributed by atoms with Crippen LogP contribution in [0.25, 0.3) is 0 Å². The topological polar surface area (TPSA) is 61.4 Å². The zero-order chi connectivity index (χ0) is 12.5. The third kappa shape index (κ3) is 6.28. The summed E-state index contributed by atoms with van der Waals surface area (Å²) in [4.78, 5) is 12.6. The fourth-order valence-corrected chi connectivity index (χ4v) is 2.17. The van der Waals surface area contributed by atoms with E-state index in [1.54, 1.807) is 11.3 Å². The Morgan fingerprint density at radius 1 is 1.53 bits per heavy atom. The van der Waals surface area contributed by atoms with E-state index in [9.17, 15) is 9.90 Å². The van der Waals surface area contributed by atoms with Crippen LogP contribution in [0.2, 0.25) is 0 Å². The normalized spacial score (nSPS) is 12.1. The number of aliphatic hydroxyl groups is 1. The van der Waals surface area contributed by atoms with E-state index < -0.39 is 6.10 Å². The summed E-state index contributed by atoms with van der Waals surface area (Å²) < 4.78 is 0. The summed E-state index contributed by atoms with van der Waals surface area (Å²) in [6.07, 6.45) is 2.05. The minimum atomic E-state index is -0.442. The van der Waals surface area contributed by atoms with Crippen molar-refractivity contribution in [3.8, 4) is 0 Å². The third-order valence-electron chi connectivity index (χ3n) is 2.36. The smallest absolute Gasteiger partial charge is 0.314 e. The maximum Gasteiger partial charge on any atom is 0.314 e. The van der Waals surface area contributed by atoms with Gasteiger partial charge in [-0.05, 0) is 24.3 Å². The van der Waals surface area contributed by atoms with E-state index in [1.807, 2.05) is 18.4 Å². The highest BCUT2D eigenvalue weighted by atomic mass is 32.1. The van der Waals surface area contributed by atoms with Gasteiger partial charge < -0.3 is 15.7 Å². The molecule has 0 aromatic carbocycles. The van der Waals surface area contributed by atoms with Crippen LogP contribution in [0.5, 0.6) is 0 Å². The van der Waals surface area contributed by atoms with Crippen LogP contribution in [0, 0.1) is 0 Å². The monoisotopic (exact) mass is 256 g/mol. The predicted octanol–water partition coefficient (Wildman–Crippen LogP) is 1.75. The van der Waals surface area contributed by atoms with Crippen LogP contribution in [0.3, 0.4) is 0 Å². The van der Waals surface area contributed by atoms with Gasteiger partial charge >= 0.3 is 6.03 Å². The molecule has 0 spiro atoms. The fourth-order valence-electron chi connectivity index (χ4n) is 1.46. The SMILES string of the molecule is CCCC(O)CNC(=O)NCCc1cccs1. The molecule has 0 saturated carbocycles. The van der Waals surface area contributed by atoms with Crippen molar-refractivity contribution in [3.05, 3.63) is 22.4 Å². The molecule has 1 heterocycles. The van der Waals surface area contributed by atoms with Gasteiger partial charge in [0.1, 0.15) is 0 Å². The van der Waals surface area contributed by atoms with E-state index in [4.69, 9.17) is 0 Å². The largest absolute Gasteiger partial charge is 0.391 e. The molecule has 96 valence electrons. The first-order valence-corrected chi connectivity index (χ1v) is 6.82. The number of carbonyl (C=O) groups excluding carboxylic acids is 1. The number of nitrogens with one attached hydrogen (secondary N) is 2.